The Hall–Kier alpha value is -2.53. The third-order valence-electron chi connectivity index (χ3n) is 3.45. The van der Waals surface area contributed by atoms with Gasteiger partial charge in [-0.3, -0.25) is 14.9 Å². The van der Waals surface area contributed by atoms with Gasteiger partial charge in [-0.15, -0.1) is 0 Å². The van der Waals surface area contributed by atoms with Crippen molar-refractivity contribution < 1.29 is 28.7 Å². The molecule has 25 heavy (non-hydrogen) atoms. The highest BCUT2D eigenvalue weighted by Crippen LogP contribution is 2.33. The number of methoxy groups -OCH3 is 1. The lowest BCUT2D eigenvalue weighted by molar-refractivity contribution is -0.384. The zero-order chi connectivity index (χ0) is 18.7. The molecule has 134 valence electrons. The fraction of sp³-hybridized carbons (Fsp3) is 0.286. The summed E-state index contributed by atoms with van der Waals surface area (Å²) in [5.41, 5.74) is -1.11. The Morgan fingerprint density at radius 2 is 2.24 bits per heavy atom. The van der Waals surface area contributed by atoms with E-state index in [2.05, 4.69) is 26.0 Å². The number of nitrogens with one attached hydrogen (secondary N) is 1. The van der Waals surface area contributed by atoms with Crippen molar-refractivity contribution in [1.29, 1.82) is 0 Å². The molecule has 1 aliphatic rings. The first-order valence-electron chi connectivity index (χ1n) is 6.92. The molecule has 1 aliphatic heterocycles. The Balaban J connectivity index is 2.48. The van der Waals surface area contributed by atoms with Crippen LogP contribution in [0.5, 0.6) is 0 Å². The van der Waals surface area contributed by atoms with Crippen molar-refractivity contribution in [3.63, 3.8) is 0 Å². The van der Waals surface area contributed by atoms with Gasteiger partial charge in [-0.1, -0.05) is 0 Å². The number of anilines is 1. The number of aliphatic hydroxyl groups is 1. The minimum Gasteiger partial charge on any atom is -0.466 e. The van der Waals surface area contributed by atoms with Crippen molar-refractivity contribution >= 4 is 39.2 Å². The normalized spacial score (nSPS) is 14.1. The molecule has 9 nitrogen and oxygen atoms in total. The minimum absolute atomic E-state index is 0.0404. The molecule has 0 fully saturated rings. The number of hydrogen-bond donors (Lipinski definition) is 2. The number of rotatable bonds is 6. The van der Waals surface area contributed by atoms with E-state index in [0.717, 1.165) is 24.1 Å². The van der Waals surface area contributed by atoms with Crippen LogP contribution in [0.25, 0.3) is 0 Å². The molecule has 0 atom stereocenters. The molecular formula is C14H13BrFN3O6. The second-order valence-corrected chi connectivity index (χ2v) is 5.82. The van der Waals surface area contributed by atoms with Gasteiger partial charge in [-0.25, -0.2) is 9.18 Å². The number of β-amino-alcohol motifs (C(OH)–C–C–N with tert-alkyl or cyclic N) is 1. The first kappa shape index (κ1) is 18.8. The molecule has 1 amide bonds. The molecule has 1 aromatic carbocycles. The predicted molar refractivity (Wildman–Crippen MR) is 87.1 cm³/mol. The van der Waals surface area contributed by atoms with Gasteiger partial charge in [0.1, 0.15) is 17.2 Å². The molecule has 0 bridgehead atoms. The first-order chi connectivity index (χ1) is 11.8. The van der Waals surface area contributed by atoms with Gasteiger partial charge in [-0.05, 0) is 15.9 Å². The SMILES string of the molecule is COC(=O)C1=C(Nc2cc(F)c(Br)cc2[N+](=O)[O-])C(=O)N(CCO)C1. The standard InChI is InChI=1S/C14H13BrFN3O6/c1-25-14(22)7-6-18(2-3-20)13(21)12(7)17-10-5-9(16)8(15)4-11(10)19(23)24/h4-5,17,20H,2-3,6H2,1H3. The van der Waals surface area contributed by atoms with Crippen molar-refractivity contribution in [2.24, 2.45) is 0 Å². The van der Waals surface area contributed by atoms with E-state index in [1.165, 1.54) is 0 Å². The molecule has 1 aromatic rings. The number of carbonyl (C=O) groups is 2. The topological polar surface area (TPSA) is 122 Å². The summed E-state index contributed by atoms with van der Waals surface area (Å²) >= 11 is 2.85. The van der Waals surface area contributed by atoms with Gasteiger partial charge in [0.15, 0.2) is 0 Å². The zero-order valence-corrected chi connectivity index (χ0v) is 14.5. The number of hydrogen-bond acceptors (Lipinski definition) is 7. The number of nitro benzene ring substituents is 1. The van der Waals surface area contributed by atoms with Gasteiger partial charge in [-0.2, -0.15) is 0 Å². The second kappa shape index (κ2) is 7.57. The van der Waals surface area contributed by atoms with E-state index in [4.69, 9.17) is 5.11 Å². The van der Waals surface area contributed by atoms with Crippen LogP contribution in [-0.2, 0) is 14.3 Å². The molecular weight excluding hydrogens is 405 g/mol. The van der Waals surface area contributed by atoms with Gasteiger partial charge in [0.25, 0.3) is 11.6 Å². The van der Waals surface area contributed by atoms with Gasteiger partial charge in [0.2, 0.25) is 0 Å². The Kier molecular flexibility index (Phi) is 5.69. The number of nitro groups is 1. The highest BCUT2D eigenvalue weighted by atomic mass is 79.9. The third kappa shape index (κ3) is 3.77. The van der Waals surface area contributed by atoms with E-state index in [9.17, 15) is 24.1 Å². The third-order valence-corrected chi connectivity index (χ3v) is 4.06. The molecule has 0 radical (unpaired) electrons. The summed E-state index contributed by atoms with van der Waals surface area (Å²) in [6.45, 7) is -0.511. The van der Waals surface area contributed by atoms with Gasteiger partial charge < -0.3 is 20.1 Å². The molecule has 0 unspecified atom stereocenters. The number of nitrogens with zero attached hydrogens (tertiary/aromatic N) is 2. The average Bonchev–Trinajstić information content (AvgIpc) is 2.87. The fourth-order valence-corrected chi connectivity index (χ4v) is 2.60. The molecule has 0 saturated heterocycles. The summed E-state index contributed by atoms with van der Waals surface area (Å²) < 4.78 is 18.3. The molecule has 1 heterocycles. The quantitative estimate of drug-likeness (QED) is 0.404. The lowest BCUT2D eigenvalue weighted by Gasteiger charge is -2.15. The number of amides is 1. The van der Waals surface area contributed by atoms with Crippen molar-refractivity contribution in [3.8, 4) is 0 Å². The summed E-state index contributed by atoms with van der Waals surface area (Å²) in [4.78, 5) is 35.8. The molecule has 2 N–H and O–H groups in total. The van der Waals surface area contributed by atoms with E-state index in [1.54, 1.807) is 0 Å². The molecule has 11 heteroatoms. The van der Waals surface area contributed by atoms with Crippen LogP contribution >= 0.6 is 15.9 Å². The van der Waals surface area contributed by atoms with E-state index >= 15 is 0 Å². The Morgan fingerprint density at radius 3 is 2.80 bits per heavy atom. The molecule has 2 rings (SSSR count). The summed E-state index contributed by atoms with van der Waals surface area (Å²) in [5.74, 6) is -2.26. The Bertz CT molecular complexity index is 782. The van der Waals surface area contributed by atoms with Crippen LogP contribution in [0, 0.1) is 15.9 Å². The Morgan fingerprint density at radius 1 is 1.56 bits per heavy atom. The number of benzene rings is 1. The van der Waals surface area contributed by atoms with Gasteiger partial charge >= 0.3 is 5.97 Å². The summed E-state index contributed by atoms with van der Waals surface area (Å²) in [7, 11) is 1.12. The maximum Gasteiger partial charge on any atom is 0.337 e. The van der Waals surface area contributed by atoms with E-state index < -0.39 is 28.3 Å². The number of esters is 1. The van der Waals surface area contributed by atoms with Crippen molar-refractivity contribution in [2.75, 3.05) is 32.1 Å². The number of aliphatic hydroxyl groups excluding tert-OH is 1. The fourth-order valence-electron chi connectivity index (χ4n) is 2.27. The second-order valence-electron chi connectivity index (χ2n) is 4.96. The lowest BCUT2D eigenvalue weighted by atomic mass is 10.2. The summed E-state index contributed by atoms with van der Waals surface area (Å²) in [5, 5.41) is 22.6. The van der Waals surface area contributed by atoms with E-state index in [0.29, 0.717) is 0 Å². The monoisotopic (exact) mass is 417 g/mol. The van der Waals surface area contributed by atoms with Crippen molar-refractivity contribution in [1.82, 2.24) is 4.90 Å². The first-order valence-corrected chi connectivity index (χ1v) is 7.71. The maximum absolute atomic E-state index is 13.8. The summed E-state index contributed by atoms with van der Waals surface area (Å²) in [6, 6.07) is 1.78. The number of halogens is 2. The van der Waals surface area contributed by atoms with Crippen LogP contribution in [0.2, 0.25) is 0 Å². The summed E-state index contributed by atoms with van der Waals surface area (Å²) in [6.07, 6.45) is 0. The van der Waals surface area contributed by atoms with Crippen LogP contribution in [-0.4, -0.2) is 53.6 Å². The number of carbonyl (C=O) groups excluding carboxylic acids is 2. The van der Waals surface area contributed by atoms with Crippen LogP contribution in [0.4, 0.5) is 15.8 Å². The number of ether oxygens (including phenoxy) is 1. The van der Waals surface area contributed by atoms with Crippen LogP contribution in [0.15, 0.2) is 27.9 Å². The average molecular weight is 418 g/mol. The predicted octanol–water partition coefficient (Wildman–Crippen LogP) is 1.17. The zero-order valence-electron chi connectivity index (χ0n) is 12.9. The Labute approximate surface area is 149 Å². The van der Waals surface area contributed by atoms with Crippen molar-refractivity contribution in [3.05, 3.63) is 43.8 Å². The molecule has 0 saturated carbocycles. The molecule has 0 aliphatic carbocycles. The minimum atomic E-state index is -0.809. The maximum atomic E-state index is 13.8. The highest BCUT2D eigenvalue weighted by Gasteiger charge is 2.35. The molecule has 0 spiro atoms. The van der Waals surface area contributed by atoms with E-state index in [-0.39, 0.29) is 41.1 Å². The molecule has 0 aromatic heterocycles. The van der Waals surface area contributed by atoms with Crippen LogP contribution < -0.4 is 5.32 Å². The van der Waals surface area contributed by atoms with Crippen LogP contribution in [0.3, 0.4) is 0 Å². The smallest absolute Gasteiger partial charge is 0.337 e. The van der Waals surface area contributed by atoms with Gasteiger partial charge in [0, 0.05) is 18.7 Å². The highest BCUT2D eigenvalue weighted by molar-refractivity contribution is 9.10. The largest absolute Gasteiger partial charge is 0.466 e. The lowest BCUT2D eigenvalue weighted by Crippen LogP contribution is -2.31. The van der Waals surface area contributed by atoms with E-state index in [1.807, 2.05) is 0 Å². The van der Waals surface area contributed by atoms with Gasteiger partial charge in [0.05, 0.1) is 35.2 Å². The van der Waals surface area contributed by atoms with Crippen molar-refractivity contribution in [2.45, 2.75) is 0 Å². The van der Waals surface area contributed by atoms with Crippen LogP contribution in [0.1, 0.15) is 0 Å².